The zero-order chi connectivity index (χ0) is 56.1. The van der Waals surface area contributed by atoms with Crippen molar-refractivity contribution in [2.24, 2.45) is 0 Å². The van der Waals surface area contributed by atoms with Gasteiger partial charge in [0.2, 0.25) is 0 Å². The van der Waals surface area contributed by atoms with Crippen molar-refractivity contribution in [1.82, 2.24) is 0 Å². The number of aliphatic carboxylic acids is 1. The van der Waals surface area contributed by atoms with Crippen LogP contribution >= 0.6 is 0 Å². The summed E-state index contributed by atoms with van der Waals surface area (Å²) >= 11 is 0. The van der Waals surface area contributed by atoms with Crippen LogP contribution in [0.4, 0.5) is 0 Å². The summed E-state index contributed by atoms with van der Waals surface area (Å²) in [6, 6.07) is 0. The van der Waals surface area contributed by atoms with Crippen molar-refractivity contribution in [1.29, 1.82) is 0 Å². The number of esters is 3. The van der Waals surface area contributed by atoms with Gasteiger partial charge in [0.15, 0.2) is 24.6 Å². The molecule has 438 valence electrons. The maximum absolute atomic E-state index is 13.1. The highest BCUT2D eigenvalue weighted by Crippen LogP contribution is 2.26. The Balaban J connectivity index is 2.71. The molecule has 0 saturated carbocycles. The fourth-order valence-electron chi connectivity index (χ4n) is 8.63. The number of aliphatic hydroxyl groups is 2. The molecule has 77 heavy (non-hydrogen) atoms. The van der Waals surface area contributed by atoms with Crippen molar-refractivity contribution in [3.05, 3.63) is 97.2 Å². The van der Waals surface area contributed by atoms with E-state index in [9.17, 15) is 34.5 Å². The molecule has 12 heteroatoms. The number of ether oxygens (including phenoxy) is 5. The lowest BCUT2D eigenvalue weighted by Crippen LogP contribution is -2.61. The molecule has 1 fully saturated rings. The SMILES string of the molecule is CC/C=C\C/C=C\C/C=C\C/C=C\C/C=C\CC(=O)OC1C(OCC(COC(=O)CCCCCCCCCCCCCCCCCCCCC)OC(=O)CCCCC/C=C\C/C=C\C/C=C\CC)OC(C(=O)O)C(O)C1O. The van der Waals surface area contributed by atoms with E-state index in [1.54, 1.807) is 12.2 Å². The highest BCUT2D eigenvalue weighted by Gasteiger charge is 2.50. The standard InChI is InChI=1S/C65H106O12/c1-4-7-10-13-16-19-22-25-27-28-29-30-32-34-36-39-42-45-48-51-57(66)73-54-56(75-58(67)52-49-46-43-40-37-33-24-21-18-15-12-9-6-3)55-74-65-63(61(70)60(69)62(77-65)64(71)72)76-59(68)53-50-47-44-41-38-35-31-26-23-20-17-14-11-8-5-2/h8-9,11-12,17-18,20-21,26,31,33,37-38,41,47,50,56,60-63,65,69-70H,4-7,10,13-16,19,22-25,27-30,32,34-36,39-40,42-46,48-49,51-55H2,1-3H3,(H,71,72)/b11-8-,12-9-,20-17-,21-18-,31-26-,37-33-,41-38-,50-47-. The van der Waals surface area contributed by atoms with Crippen LogP contribution in [0.1, 0.15) is 239 Å². The van der Waals surface area contributed by atoms with Gasteiger partial charge in [0.25, 0.3) is 0 Å². The van der Waals surface area contributed by atoms with Crippen LogP contribution in [0.2, 0.25) is 0 Å². The molecule has 0 spiro atoms. The topological polar surface area (TPSA) is 175 Å². The Morgan fingerprint density at radius 3 is 1.31 bits per heavy atom. The number of hydrogen-bond donors (Lipinski definition) is 3. The molecule has 0 aromatic rings. The first kappa shape index (κ1) is 70.7. The highest BCUT2D eigenvalue weighted by atomic mass is 16.7. The molecule has 0 amide bonds. The minimum Gasteiger partial charge on any atom is -0.479 e. The van der Waals surface area contributed by atoms with Gasteiger partial charge in [0.1, 0.15) is 18.8 Å². The number of carboxylic acid groups (broad SMARTS) is 1. The molecule has 12 nitrogen and oxygen atoms in total. The Bertz CT molecular complexity index is 1710. The summed E-state index contributed by atoms with van der Waals surface area (Å²) in [6.45, 7) is 5.70. The normalized spacial score (nSPS) is 18.7. The molecule has 0 aromatic heterocycles. The second-order valence-electron chi connectivity index (χ2n) is 20.2. The van der Waals surface area contributed by atoms with E-state index in [2.05, 4.69) is 93.7 Å². The predicted octanol–water partition coefficient (Wildman–Crippen LogP) is 15.7. The first-order valence-corrected chi connectivity index (χ1v) is 30.2. The largest absolute Gasteiger partial charge is 0.479 e. The number of hydrogen-bond acceptors (Lipinski definition) is 11. The number of unbranched alkanes of at least 4 members (excludes halogenated alkanes) is 21. The van der Waals surface area contributed by atoms with Crippen LogP contribution in [0.25, 0.3) is 0 Å². The van der Waals surface area contributed by atoms with Gasteiger partial charge in [-0.15, -0.1) is 0 Å². The molecule has 0 bridgehead atoms. The Morgan fingerprint density at radius 1 is 0.455 bits per heavy atom. The van der Waals surface area contributed by atoms with Gasteiger partial charge < -0.3 is 39.0 Å². The van der Waals surface area contributed by atoms with E-state index in [1.165, 1.54) is 96.3 Å². The van der Waals surface area contributed by atoms with Gasteiger partial charge in [-0.1, -0.05) is 240 Å². The van der Waals surface area contributed by atoms with Crippen molar-refractivity contribution >= 4 is 23.9 Å². The Labute approximate surface area is 466 Å². The number of rotatable bonds is 50. The van der Waals surface area contributed by atoms with Crippen molar-refractivity contribution < 1.29 is 58.2 Å². The van der Waals surface area contributed by atoms with Gasteiger partial charge in [-0.3, -0.25) is 14.4 Å². The molecular formula is C65H106O12. The molecule has 1 aliphatic heterocycles. The number of carbonyl (C=O) groups is 4. The second kappa shape index (κ2) is 52.3. The lowest BCUT2D eigenvalue weighted by atomic mass is 9.98. The minimum absolute atomic E-state index is 0.115. The average Bonchev–Trinajstić information content (AvgIpc) is 3.42. The van der Waals surface area contributed by atoms with Crippen molar-refractivity contribution in [2.75, 3.05) is 13.2 Å². The van der Waals surface area contributed by atoms with Crippen LogP contribution in [0, 0.1) is 0 Å². The van der Waals surface area contributed by atoms with Crippen molar-refractivity contribution in [3.63, 3.8) is 0 Å². The van der Waals surface area contributed by atoms with E-state index < -0.39 is 67.3 Å². The summed E-state index contributed by atoms with van der Waals surface area (Å²) in [5.41, 5.74) is 0. The molecule has 0 radical (unpaired) electrons. The molecule has 0 aromatic carbocycles. The molecule has 6 unspecified atom stereocenters. The molecule has 1 aliphatic rings. The van der Waals surface area contributed by atoms with Gasteiger partial charge in [-0.05, 0) is 77.0 Å². The quantitative estimate of drug-likeness (QED) is 0.0228. The third-order valence-corrected chi connectivity index (χ3v) is 13.2. The van der Waals surface area contributed by atoms with Crippen LogP contribution in [0.15, 0.2) is 97.2 Å². The fourth-order valence-corrected chi connectivity index (χ4v) is 8.63. The van der Waals surface area contributed by atoms with E-state index >= 15 is 0 Å². The zero-order valence-electron chi connectivity index (χ0n) is 48.2. The molecule has 3 N–H and O–H groups in total. The van der Waals surface area contributed by atoms with E-state index in [0.717, 1.165) is 83.5 Å². The molecular weight excluding hydrogens is 973 g/mol. The third kappa shape index (κ3) is 42.3. The molecule has 0 aliphatic carbocycles. The first-order valence-electron chi connectivity index (χ1n) is 30.2. The van der Waals surface area contributed by atoms with Crippen LogP contribution in [0.3, 0.4) is 0 Å². The van der Waals surface area contributed by atoms with E-state index in [-0.39, 0.29) is 25.9 Å². The van der Waals surface area contributed by atoms with Crippen molar-refractivity contribution in [2.45, 2.75) is 276 Å². The van der Waals surface area contributed by atoms with Crippen LogP contribution in [0.5, 0.6) is 0 Å². The maximum atomic E-state index is 13.1. The monoisotopic (exact) mass is 1080 g/mol. The van der Waals surface area contributed by atoms with Gasteiger partial charge in [0.05, 0.1) is 13.0 Å². The lowest BCUT2D eigenvalue weighted by molar-refractivity contribution is -0.301. The van der Waals surface area contributed by atoms with Crippen molar-refractivity contribution in [3.8, 4) is 0 Å². The van der Waals surface area contributed by atoms with Gasteiger partial charge in [-0.2, -0.15) is 0 Å². The van der Waals surface area contributed by atoms with Gasteiger partial charge in [0, 0.05) is 12.8 Å². The summed E-state index contributed by atoms with van der Waals surface area (Å²) in [5, 5.41) is 31.4. The zero-order valence-corrected chi connectivity index (χ0v) is 48.2. The second-order valence-corrected chi connectivity index (χ2v) is 20.2. The fraction of sp³-hybridized carbons (Fsp3) is 0.692. The summed E-state index contributed by atoms with van der Waals surface area (Å²) in [7, 11) is 0. The van der Waals surface area contributed by atoms with Gasteiger partial charge >= 0.3 is 23.9 Å². The van der Waals surface area contributed by atoms with E-state index in [4.69, 9.17) is 23.7 Å². The number of carboxylic acids is 1. The first-order chi connectivity index (χ1) is 37.6. The molecule has 1 rings (SSSR count). The molecule has 1 heterocycles. The van der Waals surface area contributed by atoms with E-state index in [0.29, 0.717) is 19.3 Å². The molecule has 6 atom stereocenters. The number of allylic oxidation sites excluding steroid dienone is 15. The average molecular weight is 1080 g/mol. The number of carbonyl (C=O) groups excluding carboxylic acids is 3. The Hall–Kier alpha value is -4.36. The molecule has 1 saturated heterocycles. The summed E-state index contributed by atoms with van der Waals surface area (Å²) in [4.78, 5) is 51.1. The smallest absolute Gasteiger partial charge is 0.335 e. The maximum Gasteiger partial charge on any atom is 0.335 e. The Kier molecular flexibility index (Phi) is 48.0. The van der Waals surface area contributed by atoms with Crippen LogP contribution in [-0.4, -0.2) is 89.2 Å². The summed E-state index contributed by atoms with van der Waals surface area (Å²) in [6.07, 6.45) is 57.0. The van der Waals surface area contributed by atoms with Crippen LogP contribution < -0.4 is 0 Å². The number of aliphatic hydroxyl groups excluding tert-OH is 2. The summed E-state index contributed by atoms with van der Waals surface area (Å²) < 4.78 is 28.3. The summed E-state index contributed by atoms with van der Waals surface area (Å²) in [5.74, 6) is -3.32. The van der Waals surface area contributed by atoms with Gasteiger partial charge in [-0.25, -0.2) is 4.79 Å². The highest BCUT2D eigenvalue weighted by molar-refractivity contribution is 5.74. The predicted molar refractivity (Wildman–Crippen MR) is 312 cm³/mol. The van der Waals surface area contributed by atoms with Crippen LogP contribution in [-0.2, 0) is 42.9 Å². The third-order valence-electron chi connectivity index (χ3n) is 13.2. The lowest BCUT2D eigenvalue weighted by Gasteiger charge is -2.40. The minimum atomic E-state index is -1.94. The Morgan fingerprint density at radius 2 is 0.857 bits per heavy atom. The van der Waals surface area contributed by atoms with E-state index in [1.807, 2.05) is 12.2 Å².